The van der Waals surface area contributed by atoms with Crippen molar-refractivity contribution in [1.82, 2.24) is 9.21 Å². The number of halogens is 2. The van der Waals surface area contributed by atoms with Crippen LogP contribution in [-0.4, -0.2) is 60.9 Å². The third-order valence-electron chi connectivity index (χ3n) is 4.44. The van der Waals surface area contributed by atoms with Gasteiger partial charge in [0.15, 0.2) is 0 Å². The molecule has 1 aliphatic rings. The van der Waals surface area contributed by atoms with E-state index in [1.807, 2.05) is 11.8 Å². The number of sulfonamides is 1. The van der Waals surface area contributed by atoms with Crippen LogP contribution in [0.4, 0.5) is 4.39 Å². The molecule has 1 aromatic carbocycles. The van der Waals surface area contributed by atoms with Gasteiger partial charge >= 0.3 is 5.97 Å². The van der Waals surface area contributed by atoms with Crippen LogP contribution in [0.1, 0.15) is 25.3 Å². The van der Waals surface area contributed by atoms with Crippen molar-refractivity contribution in [3.8, 4) is 0 Å². The molecule has 0 unspecified atom stereocenters. The molecule has 0 amide bonds. The molecule has 1 saturated heterocycles. The van der Waals surface area contributed by atoms with Gasteiger partial charge in [0.1, 0.15) is 5.82 Å². The van der Waals surface area contributed by atoms with Crippen LogP contribution in [0, 0.1) is 12.7 Å². The Hall–Kier alpha value is -1.22. The van der Waals surface area contributed by atoms with E-state index in [9.17, 15) is 17.6 Å². The molecule has 6 nitrogen and oxygen atoms in total. The molecule has 0 spiro atoms. The normalized spacial score (nSPS) is 16.6. The monoisotopic (exact) mass is 394 g/mol. The van der Waals surface area contributed by atoms with E-state index in [1.54, 1.807) is 6.92 Å². The summed E-state index contributed by atoms with van der Waals surface area (Å²) in [5, 5.41) is 8.95. The fraction of sp³-hybridized carbons (Fsp3) is 0.562. The van der Waals surface area contributed by atoms with Gasteiger partial charge in [-0.15, -0.1) is 12.4 Å². The molecule has 142 valence electrons. The van der Waals surface area contributed by atoms with Crippen molar-refractivity contribution in [3.05, 3.63) is 29.6 Å². The van der Waals surface area contributed by atoms with Gasteiger partial charge in [0.05, 0.1) is 11.4 Å². The Balaban J connectivity index is 0.00000312. The second-order valence-electron chi connectivity index (χ2n) is 6.00. The van der Waals surface area contributed by atoms with Crippen LogP contribution >= 0.6 is 12.4 Å². The summed E-state index contributed by atoms with van der Waals surface area (Å²) in [5.41, 5.74) is 0.387. The molecule has 1 heterocycles. The van der Waals surface area contributed by atoms with Crippen LogP contribution < -0.4 is 0 Å². The quantitative estimate of drug-likeness (QED) is 0.799. The molecule has 9 heteroatoms. The second kappa shape index (κ2) is 8.93. The highest BCUT2D eigenvalue weighted by Crippen LogP contribution is 2.25. The van der Waals surface area contributed by atoms with Crippen molar-refractivity contribution in [2.45, 2.75) is 37.6 Å². The van der Waals surface area contributed by atoms with E-state index < -0.39 is 21.8 Å². The Morgan fingerprint density at radius 2 is 1.96 bits per heavy atom. The number of carboxylic acids is 1. The lowest BCUT2D eigenvalue weighted by Crippen LogP contribution is -2.48. The largest absolute Gasteiger partial charge is 0.480 e. The minimum Gasteiger partial charge on any atom is -0.480 e. The summed E-state index contributed by atoms with van der Waals surface area (Å²) in [7, 11) is -3.66. The molecule has 0 radical (unpaired) electrons. The SMILES string of the molecule is CCN(CC(=O)O)C1CCN(S(=O)(=O)c2ccc(F)cc2C)CC1.Cl. The summed E-state index contributed by atoms with van der Waals surface area (Å²) in [4.78, 5) is 12.9. The fourth-order valence-electron chi connectivity index (χ4n) is 3.16. The number of piperidine rings is 1. The third-order valence-corrected chi connectivity index (χ3v) is 6.50. The molecule has 1 N–H and O–H groups in total. The number of carbonyl (C=O) groups is 1. The number of likely N-dealkylation sites (N-methyl/N-ethyl adjacent to an activating group) is 1. The molecule has 0 aliphatic carbocycles. The average molecular weight is 395 g/mol. The molecule has 0 bridgehead atoms. The maximum atomic E-state index is 13.2. The Morgan fingerprint density at radius 1 is 1.36 bits per heavy atom. The van der Waals surface area contributed by atoms with Gasteiger partial charge in [0.25, 0.3) is 0 Å². The molecule has 1 fully saturated rings. The topological polar surface area (TPSA) is 77.9 Å². The minimum atomic E-state index is -3.66. The number of hydrogen-bond acceptors (Lipinski definition) is 4. The van der Waals surface area contributed by atoms with Crippen molar-refractivity contribution in [3.63, 3.8) is 0 Å². The van der Waals surface area contributed by atoms with Gasteiger partial charge in [0.2, 0.25) is 10.0 Å². The smallest absolute Gasteiger partial charge is 0.317 e. The molecule has 0 saturated carbocycles. The predicted molar refractivity (Wildman–Crippen MR) is 95.0 cm³/mol. The number of aryl methyl sites for hydroxylation is 1. The molecule has 0 atom stereocenters. The van der Waals surface area contributed by atoms with Gasteiger partial charge in [-0.3, -0.25) is 9.69 Å². The van der Waals surface area contributed by atoms with Crippen LogP contribution in [0.3, 0.4) is 0 Å². The van der Waals surface area contributed by atoms with E-state index in [4.69, 9.17) is 5.11 Å². The lowest BCUT2D eigenvalue weighted by molar-refractivity contribution is -0.139. The Kier molecular flexibility index (Phi) is 7.80. The van der Waals surface area contributed by atoms with Gasteiger partial charge in [-0.1, -0.05) is 6.92 Å². The van der Waals surface area contributed by atoms with E-state index in [2.05, 4.69) is 0 Å². The first-order valence-electron chi connectivity index (χ1n) is 7.98. The van der Waals surface area contributed by atoms with Crippen LogP contribution in [0.25, 0.3) is 0 Å². The van der Waals surface area contributed by atoms with Gasteiger partial charge in [-0.25, -0.2) is 12.8 Å². The fourth-order valence-corrected chi connectivity index (χ4v) is 4.84. The lowest BCUT2D eigenvalue weighted by Gasteiger charge is -2.37. The van der Waals surface area contributed by atoms with Crippen molar-refractivity contribution < 1.29 is 22.7 Å². The third kappa shape index (κ3) is 5.13. The Bertz CT molecular complexity index is 706. The van der Waals surface area contributed by atoms with Gasteiger partial charge in [-0.05, 0) is 50.1 Å². The summed E-state index contributed by atoms with van der Waals surface area (Å²) in [6.45, 7) is 4.72. The highest BCUT2D eigenvalue weighted by atomic mass is 35.5. The number of carboxylic acid groups (broad SMARTS) is 1. The van der Waals surface area contributed by atoms with E-state index >= 15 is 0 Å². The maximum absolute atomic E-state index is 13.2. The number of rotatable bonds is 6. The first kappa shape index (κ1) is 21.8. The Labute approximate surface area is 154 Å². The number of aliphatic carboxylic acids is 1. The average Bonchev–Trinajstić information content (AvgIpc) is 2.52. The van der Waals surface area contributed by atoms with E-state index in [-0.39, 0.29) is 29.9 Å². The zero-order valence-corrected chi connectivity index (χ0v) is 15.9. The van der Waals surface area contributed by atoms with E-state index in [0.29, 0.717) is 38.0 Å². The maximum Gasteiger partial charge on any atom is 0.317 e. The number of benzene rings is 1. The lowest BCUT2D eigenvalue weighted by atomic mass is 10.0. The van der Waals surface area contributed by atoms with Crippen LogP contribution in [0.5, 0.6) is 0 Å². The highest BCUT2D eigenvalue weighted by molar-refractivity contribution is 7.89. The van der Waals surface area contributed by atoms with Crippen molar-refractivity contribution >= 4 is 28.4 Å². The van der Waals surface area contributed by atoms with Gasteiger partial charge in [-0.2, -0.15) is 4.31 Å². The van der Waals surface area contributed by atoms with Crippen molar-refractivity contribution in [2.75, 3.05) is 26.2 Å². The molecular formula is C16H24ClFN2O4S. The van der Waals surface area contributed by atoms with Crippen molar-refractivity contribution in [1.29, 1.82) is 0 Å². The summed E-state index contributed by atoms with van der Waals surface area (Å²) in [5.74, 6) is -1.34. The minimum absolute atomic E-state index is 0. The summed E-state index contributed by atoms with van der Waals surface area (Å²) < 4.78 is 40.1. The zero-order valence-electron chi connectivity index (χ0n) is 14.3. The number of nitrogens with zero attached hydrogens (tertiary/aromatic N) is 2. The molecule has 1 aliphatic heterocycles. The number of hydrogen-bond donors (Lipinski definition) is 1. The van der Waals surface area contributed by atoms with Crippen LogP contribution in [0.15, 0.2) is 23.1 Å². The molecule has 2 rings (SSSR count). The van der Waals surface area contributed by atoms with Crippen LogP contribution in [0.2, 0.25) is 0 Å². The predicted octanol–water partition coefficient (Wildman–Crippen LogP) is 2.12. The summed E-state index contributed by atoms with van der Waals surface area (Å²) >= 11 is 0. The first-order valence-corrected chi connectivity index (χ1v) is 9.42. The molecule has 1 aromatic rings. The first-order chi connectivity index (χ1) is 11.3. The Morgan fingerprint density at radius 3 is 2.44 bits per heavy atom. The molecule has 0 aromatic heterocycles. The van der Waals surface area contributed by atoms with E-state index in [1.165, 1.54) is 16.4 Å². The molecule has 25 heavy (non-hydrogen) atoms. The van der Waals surface area contributed by atoms with Gasteiger partial charge < -0.3 is 5.11 Å². The summed E-state index contributed by atoms with van der Waals surface area (Å²) in [6.07, 6.45) is 1.17. The van der Waals surface area contributed by atoms with Gasteiger partial charge in [0, 0.05) is 19.1 Å². The highest BCUT2D eigenvalue weighted by Gasteiger charge is 2.32. The van der Waals surface area contributed by atoms with E-state index in [0.717, 1.165) is 6.07 Å². The zero-order chi connectivity index (χ0) is 17.9. The van der Waals surface area contributed by atoms with Crippen LogP contribution in [-0.2, 0) is 14.8 Å². The van der Waals surface area contributed by atoms with Crippen molar-refractivity contribution in [2.24, 2.45) is 0 Å². The summed E-state index contributed by atoms with van der Waals surface area (Å²) in [6, 6.07) is 3.73. The second-order valence-corrected chi connectivity index (χ2v) is 7.91. The standard InChI is InChI=1S/C16H23FN2O4S.ClH/c1-3-18(11-16(20)21)14-6-8-19(9-7-14)24(22,23)15-5-4-13(17)10-12(15)2;/h4-5,10,14H,3,6-9,11H2,1-2H3,(H,20,21);1H. The molecular weight excluding hydrogens is 371 g/mol.